The molecule has 5 nitrogen and oxygen atoms in total. The molecule has 1 atom stereocenters. The van der Waals surface area contributed by atoms with Gasteiger partial charge < -0.3 is 5.32 Å². The molecule has 2 aromatic carbocycles. The normalized spacial score (nSPS) is 17.8. The number of nitrogens with one attached hydrogen (secondary N) is 1. The van der Waals surface area contributed by atoms with Gasteiger partial charge in [0.1, 0.15) is 0 Å². The van der Waals surface area contributed by atoms with Crippen molar-refractivity contribution in [3.63, 3.8) is 0 Å². The molecular formula is C19H19BrF2N2O3S. The Hall–Kier alpha value is -1.84. The van der Waals surface area contributed by atoms with Crippen LogP contribution in [0, 0.1) is 0 Å². The molecule has 1 aliphatic heterocycles. The van der Waals surface area contributed by atoms with Crippen molar-refractivity contribution in [3.05, 3.63) is 58.6 Å². The van der Waals surface area contributed by atoms with Crippen LogP contribution in [0.15, 0.2) is 57.9 Å². The Balaban J connectivity index is 1.75. The van der Waals surface area contributed by atoms with Gasteiger partial charge in [0.05, 0.1) is 17.1 Å². The number of likely N-dealkylation sites (tertiary alicyclic amines) is 1. The van der Waals surface area contributed by atoms with Crippen LogP contribution >= 0.6 is 15.9 Å². The molecule has 1 heterocycles. The maximum atomic E-state index is 12.9. The smallest absolute Gasteiger partial charge is 0.324 e. The maximum Gasteiger partial charge on any atom is 0.341 e. The van der Waals surface area contributed by atoms with Gasteiger partial charge in [-0.05, 0) is 49.2 Å². The molecule has 0 spiro atoms. The molecule has 0 aliphatic carbocycles. The summed E-state index contributed by atoms with van der Waals surface area (Å²) in [5.74, 6) is -4.00. The first kappa shape index (κ1) is 20.9. The second-order valence-corrected chi connectivity index (χ2v) is 9.34. The second-order valence-electron chi connectivity index (χ2n) is 6.53. The van der Waals surface area contributed by atoms with Gasteiger partial charge >= 0.3 is 5.76 Å². The van der Waals surface area contributed by atoms with Crippen molar-refractivity contribution in [2.75, 3.05) is 18.4 Å². The summed E-state index contributed by atoms with van der Waals surface area (Å²) in [5.41, 5.74) is 0.950. The highest BCUT2D eigenvalue weighted by Crippen LogP contribution is 2.33. The van der Waals surface area contributed by atoms with Crippen molar-refractivity contribution < 1.29 is 22.0 Å². The zero-order valence-corrected chi connectivity index (χ0v) is 17.2. The minimum absolute atomic E-state index is 0.0419. The molecule has 1 fully saturated rings. The fourth-order valence-electron chi connectivity index (χ4n) is 3.39. The van der Waals surface area contributed by atoms with E-state index in [2.05, 4.69) is 21.2 Å². The first-order chi connectivity index (χ1) is 13.3. The Kier molecular flexibility index (Phi) is 6.47. The van der Waals surface area contributed by atoms with Crippen LogP contribution in [0.4, 0.5) is 14.5 Å². The molecule has 3 rings (SSSR count). The summed E-state index contributed by atoms with van der Waals surface area (Å²) >= 11 is 3.45. The van der Waals surface area contributed by atoms with Gasteiger partial charge in [0, 0.05) is 10.5 Å². The third-order valence-electron chi connectivity index (χ3n) is 4.65. The number of para-hydroxylation sites is 1. The van der Waals surface area contributed by atoms with E-state index in [-0.39, 0.29) is 18.3 Å². The zero-order chi connectivity index (χ0) is 20.3. The van der Waals surface area contributed by atoms with Gasteiger partial charge in [-0.2, -0.15) is 8.78 Å². The second kappa shape index (κ2) is 8.67. The highest BCUT2D eigenvalue weighted by molar-refractivity contribution is 9.10. The molecule has 2 aromatic rings. The van der Waals surface area contributed by atoms with Gasteiger partial charge in [0.2, 0.25) is 15.7 Å². The molecular weight excluding hydrogens is 454 g/mol. The van der Waals surface area contributed by atoms with Crippen LogP contribution in [0.2, 0.25) is 0 Å². The molecule has 1 saturated heterocycles. The van der Waals surface area contributed by atoms with E-state index in [0.29, 0.717) is 0 Å². The third-order valence-corrected chi connectivity index (χ3v) is 6.58. The Labute approximate surface area is 170 Å². The number of nitrogens with zero attached hydrogens (tertiary/aromatic N) is 1. The van der Waals surface area contributed by atoms with Crippen LogP contribution < -0.4 is 5.32 Å². The zero-order valence-electron chi connectivity index (χ0n) is 14.8. The van der Waals surface area contributed by atoms with Crippen molar-refractivity contribution in [1.82, 2.24) is 4.90 Å². The highest BCUT2D eigenvalue weighted by atomic mass is 79.9. The molecule has 0 saturated carbocycles. The predicted molar refractivity (Wildman–Crippen MR) is 106 cm³/mol. The number of carbonyl (C=O) groups is 1. The summed E-state index contributed by atoms with van der Waals surface area (Å²) in [6, 6.07) is 13.1. The lowest BCUT2D eigenvalue weighted by Gasteiger charge is -2.24. The number of rotatable bonds is 6. The molecule has 9 heteroatoms. The largest absolute Gasteiger partial charge is 0.341 e. The Morgan fingerprint density at radius 1 is 1.21 bits per heavy atom. The molecule has 150 valence electrons. The molecule has 28 heavy (non-hydrogen) atoms. The van der Waals surface area contributed by atoms with Gasteiger partial charge in [-0.25, -0.2) is 8.42 Å². The number of hydrogen-bond donors (Lipinski definition) is 1. The van der Waals surface area contributed by atoms with Crippen LogP contribution in [-0.4, -0.2) is 38.1 Å². The summed E-state index contributed by atoms with van der Waals surface area (Å²) in [6.45, 7) is 0.766. The monoisotopic (exact) mass is 472 g/mol. The topological polar surface area (TPSA) is 66.5 Å². The first-order valence-electron chi connectivity index (χ1n) is 8.69. The fourth-order valence-corrected chi connectivity index (χ4v) is 4.70. The van der Waals surface area contributed by atoms with E-state index >= 15 is 0 Å². The Morgan fingerprint density at radius 3 is 2.68 bits per heavy atom. The number of alkyl halides is 2. The summed E-state index contributed by atoms with van der Waals surface area (Å²) in [7, 11) is -4.81. The average Bonchev–Trinajstić information content (AvgIpc) is 3.10. The van der Waals surface area contributed by atoms with Crippen LogP contribution in [0.1, 0.15) is 24.4 Å². The molecule has 0 bridgehead atoms. The van der Waals surface area contributed by atoms with Crippen molar-refractivity contribution in [2.24, 2.45) is 0 Å². The lowest BCUT2D eigenvalue weighted by molar-refractivity contribution is -0.117. The highest BCUT2D eigenvalue weighted by Gasteiger charge is 2.31. The van der Waals surface area contributed by atoms with E-state index in [1.165, 1.54) is 18.2 Å². The Morgan fingerprint density at radius 2 is 1.96 bits per heavy atom. The maximum absolute atomic E-state index is 12.9. The minimum atomic E-state index is -4.81. The summed E-state index contributed by atoms with van der Waals surface area (Å²) in [6.07, 6.45) is 1.83. The van der Waals surface area contributed by atoms with Crippen LogP contribution in [0.5, 0.6) is 0 Å². The standard InChI is InChI=1S/C19H19BrF2N2O3S/c20-14-6-3-5-13(11-14)16-8-4-10-24(16)12-18(25)23-15-7-1-2-9-17(15)28(26,27)19(21)22/h1-3,5-7,9,11,16,19H,4,8,10,12H2,(H,23,25). The number of hydrogen-bond acceptors (Lipinski definition) is 4. The first-order valence-corrected chi connectivity index (χ1v) is 11.0. The van der Waals surface area contributed by atoms with Gasteiger partial charge in [-0.1, -0.05) is 40.2 Å². The van der Waals surface area contributed by atoms with E-state index < -0.39 is 26.4 Å². The van der Waals surface area contributed by atoms with Gasteiger partial charge in [0.25, 0.3) is 0 Å². The van der Waals surface area contributed by atoms with Crippen LogP contribution in [0.3, 0.4) is 0 Å². The number of halogens is 3. The lowest BCUT2D eigenvalue weighted by Crippen LogP contribution is -2.33. The SMILES string of the molecule is O=C(CN1CCCC1c1cccc(Br)c1)Nc1ccccc1S(=O)(=O)C(F)F. The van der Waals surface area contributed by atoms with Crippen molar-refractivity contribution in [1.29, 1.82) is 0 Å². The number of anilines is 1. The number of sulfone groups is 1. The molecule has 1 aliphatic rings. The summed E-state index contributed by atoms with van der Waals surface area (Å²) in [4.78, 5) is 13.9. The number of carbonyl (C=O) groups excluding carboxylic acids is 1. The van der Waals surface area contributed by atoms with E-state index in [4.69, 9.17) is 0 Å². The van der Waals surface area contributed by atoms with Crippen LogP contribution in [0.25, 0.3) is 0 Å². The molecule has 0 radical (unpaired) electrons. The molecule has 0 aromatic heterocycles. The van der Waals surface area contributed by atoms with Crippen molar-refractivity contribution >= 4 is 37.4 Å². The van der Waals surface area contributed by atoms with E-state index in [1.54, 1.807) is 0 Å². The number of amides is 1. The summed E-state index contributed by atoms with van der Waals surface area (Å²) in [5, 5.41) is 2.48. The van der Waals surface area contributed by atoms with Crippen molar-refractivity contribution in [3.8, 4) is 0 Å². The van der Waals surface area contributed by atoms with E-state index in [9.17, 15) is 22.0 Å². The Bertz CT molecular complexity index is 969. The van der Waals surface area contributed by atoms with Gasteiger partial charge in [0.15, 0.2) is 0 Å². The van der Waals surface area contributed by atoms with E-state index in [1.807, 2.05) is 29.2 Å². The fraction of sp³-hybridized carbons (Fsp3) is 0.316. The van der Waals surface area contributed by atoms with Gasteiger partial charge in [-0.3, -0.25) is 9.69 Å². The minimum Gasteiger partial charge on any atom is -0.324 e. The molecule has 1 unspecified atom stereocenters. The quantitative estimate of drug-likeness (QED) is 0.683. The molecule has 1 amide bonds. The van der Waals surface area contributed by atoms with Crippen LogP contribution in [-0.2, 0) is 14.6 Å². The molecule has 1 N–H and O–H groups in total. The average molecular weight is 473 g/mol. The lowest BCUT2D eigenvalue weighted by atomic mass is 10.0. The predicted octanol–water partition coefficient (Wildman–Crippen LogP) is 4.22. The third kappa shape index (κ3) is 4.59. The van der Waals surface area contributed by atoms with Crippen molar-refractivity contribution in [2.45, 2.75) is 29.5 Å². The number of benzene rings is 2. The summed E-state index contributed by atoms with van der Waals surface area (Å²) < 4.78 is 50.4. The van der Waals surface area contributed by atoms with E-state index in [0.717, 1.165) is 35.5 Å². The van der Waals surface area contributed by atoms with Gasteiger partial charge in [-0.15, -0.1) is 0 Å².